The Labute approximate surface area is 261 Å². The Morgan fingerprint density at radius 1 is 0.978 bits per heavy atom. The van der Waals surface area contributed by atoms with Crippen molar-refractivity contribution in [3.05, 3.63) is 0 Å². The van der Waals surface area contributed by atoms with Gasteiger partial charge in [0.2, 0.25) is 0 Å². The first kappa shape index (κ1) is 36.2. The maximum Gasteiger partial charge on any atom is 0.186 e. The molecule has 18 nitrogen and oxygen atoms in total. The number of carbonyl (C=O) groups is 1. The fourth-order valence-corrected chi connectivity index (χ4v) is 6.38. The Morgan fingerprint density at radius 3 is 2.36 bits per heavy atom. The molecule has 0 bridgehead atoms. The Hall–Kier alpha value is -1.62. The molecule has 15 atom stereocenters. The van der Waals surface area contributed by atoms with Gasteiger partial charge >= 0.3 is 0 Å². The predicted molar refractivity (Wildman–Crippen MR) is 159 cm³/mol. The average Bonchev–Trinajstić information content (AvgIpc) is 3.65. The third kappa shape index (κ3) is 8.46. The summed E-state index contributed by atoms with van der Waals surface area (Å²) in [7, 11) is 0. The second-order valence-electron chi connectivity index (χ2n) is 12.7. The average molecular weight is 649 g/mol. The van der Waals surface area contributed by atoms with Crippen molar-refractivity contribution in [2.24, 2.45) is 45.3 Å². The molecule has 3 unspecified atom stereocenters. The number of ketones is 1. The fraction of sp³-hybridized carbons (Fsp3) is 0.926. The van der Waals surface area contributed by atoms with E-state index in [0.717, 1.165) is 13.0 Å². The van der Waals surface area contributed by atoms with E-state index >= 15 is 0 Å². The number of rotatable bonds is 14. The lowest BCUT2D eigenvalue weighted by molar-refractivity contribution is -0.318. The molecule has 2 heterocycles. The number of nitrogens with two attached hydrogens (primary N) is 6. The molecule has 45 heavy (non-hydrogen) atoms. The van der Waals surface area contributed by atoms with E-state index in [1.54, 1.807) is 0 Å². The number of aliphatic imine (C=N–C) groups is 1. The number of guanidine groups is 1. The molecule has 18 N–H and O–H groups in total. The molecule has 0 aromatic rings. The second-order valence-corrected chi connectivity index (χ2v) is 12.7. The molecule has 0 spiro atoms. The molecule has 18 heteroatoms. The van der Waals surface area contributed by atoms with Crippen LogP contribution in [0.1, 0.15) is 38.5 Å². The van der Waals surface area contributed by atoms with E-state index in [9.17, 15) is 30.3 Å². The number of carbonyl (C=O) groups excluding carboxylic acids is 1. The van der Waals surface area contributed by atoms with Crippen molar-refractivity contribution in [1.82, 2.24) is 5.32 Å². The number of Topliss-reactive ketones (excluding diaryl/α,β-unsaturated/α-hetero) is 1. The van der Waals surface area contributed by atoms with Crippen LogP contribution in [0.3, 0.4) is 0 Å². The molecule has 0 aromatic carbocycles. The van der Waals surface area contributed by atoms with Gasteiger partial charge in [-0.05, 0) is 44.7 Å². The Bertz CT molecular complexity index is 1010. The molecule has 2 saturated heterocycles. The lowest BCUT2D eigenvalue weighted by Gasteiger charge is -2.48. The van der Waals surface area contributed by atoms with Crippen LogP contribution in [-0.2, 0) is 23.7 Å². The number of aliphatic hydroxyl groups excluding tert-OH is 4. The Morgan fingerprint density at radius 2 is 1.69 bits per heavy atom. The molecule has 0 radical (unpaired) electrons. The highest BCUT2D eigenvalue weighted by Crippen LogP contribution is 2.43. The fourth-order valence-electron chi connectivity index (χ4n) is 6.38. The number of ether oxygens (including phenoxy) is 4. The van der Waals surface area contributed by atoms with Crippen molar-refractivity contribution in [2.75, 3.05) is 26.2 Å². The highest BCUT2D eigenvalue weighted by atomic mass is 16.7. The van der Waals surface area contributed by atoms with Crippen molar-refractivity contribution < 1.29 is 49.3 Å². The number of hydrogen-bond donors (Lipinski definition) is 12. The molecule has 4 aliphatic rings. The first-order chi connectivity index (χ1) is 21.3. The van der Waals surface area contributed by atoms with Crippen molar-refractivity contribution in [3.8, 4) is 0 Å². The van der Waals surface area contributed by atoms with Crippen molar-refractivity contribution in [2.45, 2.75) is 124 Å². The van der Waals surface area contributed by atoms with Crippen molar-refractivity contribution in [1.29, 1.82) is 0 Å². The first-order valence-corrected chi connectivity index (χ1v) is 15.6. The number of nitrogens with one attached hydrogen (secondary N) is 1. The van der Waals surface area contributed by atoms with Crippen molar-refractivity contribution in [3.63, 3.8) is 0 Å². The smallest absolute Gasteiger partial charge is 0.186 e. The van der Waals surface area contributed by atoms with Gasteiger partial charge in [0.25, 0.3) is 0 Å². The van der Waals surface area contributed by atoms with Gasteiger partial charge in [0, 0.05) is 25.4 Å². The summed E-state index contributed by atoms with van der Waals surface area (Å²) in [5.74, 6) is -1.64. The SMILES string of the molecule is NCCCNC[C@@H]1CC[C@@H](N)[C@@H](OC2[C@@H](N)C[C@@H](CC(=O)C3(O)CC3N=C(N)N)[C@H](O[C@H]3O[C@H](CO)[C@@H](O)[C@H](N)[C@H]3O)[C@H]2O)O1. The Kier molecular flexibility index (Phi) is 12.5. The number of aliphatic hydroxyl groups is 5. The predicted octanol–water partition coefficient (Wildman–Crippen LogP) is -6.26. The maximum absolute atomic E-state index is 13.3. The van der Waals surface area contributed by atoms with Crippen LogP contribution in [0.15, 0.2) is 4.99 Å². The molecule has 260 valence electrons. The molecule has 0 aromatic heterocycles. The zero-order chi connectivity index (χ0) is 33.1. The van der Waals surface area contributed by atoms with Gasteiger partial charge in [-0.15, -0.1) is 0 Å². The highest BCUT2D eigenvalue weighted by molar-refractivity contribution is 5.92. The highest BCUT2D eigenvalue weighted by Gasteiger charge is 2.60. The monoisotopic (exact) mass is 648 g/mol. The lowest BCUT2D eigenvalue weighted by atomic mass is 9.76. The van der Waals surface area contributed by atoms with Crippen molar-refractivity contribution >= 4 is 11.7 Å². The van der Waals surface area contributed by atoms with E-state index < -0.39 is 97.3 Å². The van der Waals surface area contributed by atoms with Gasteiger partial charge in [-0.3, -0.25) is 4.79 Å². The largest absolute Gasteiger partial charge is 0.394 e. The van der Waals surface area contributed by atoms with Crippen LogP contribution in [0.5, 0.6) is 0 Å². The quantitative estimate of drug-likeness (QED) is 0.0473. The van der Waals surface area contributed by atoms with E-state index in [2.05, 4.69) is 10.3 Å². The van der Waals surface area contributed by atoms with Gasteiger partial charge in [-0.25, -0.2) is 4.99 Å². The van der Waals surface area contributed by atoms with Gasteiger partial charge in [-0.1, -0.05) is 0 Å². The third-order valence-corrected chi connectivity index (χ3v) is 9.21. The summed E-state index contributed by atoms with van der Waals surface area (Å²) in [6, 6.07) is -3.37. The van der Waals surface area contributed by atoms with Crippen LogP contribution in [0.4, 0.5) is 0 Å². The summed E-state index contributed by atoms with van der Waals surface area (Å²) in [4.78, 5) is 17.2. The van der Waals surface area contributed by atoms with Crippen LogP contribution in [0, 0.1) is 5.92 Å². The Balaban J connectivity index is 1.51. The van der Waals surface area contributed by atoms with Gasteiger partial charge in [0.15, 0.2) is 24.3 Å². The molecule has 4 fully saturated rings. The normalized spacial score (nSPS) is 45.2. The zero-order valence-corrected chi connectivity index (χ0v) is 25.3. The summed E-state index contributed by atoms with van der Waals surface area (Å²) in [5.41, 5.74) is 33.4. The molecule has 2 aliphatic heterocycles. The van der Waals surface area contributed by atoms with Gasteiger partial charge in [-0.2, -0.15) is 0 Å². The summed E-state index contributed by atoms with van der Waals surface area (Å²) in [5, 5.41) is 56.5. The van der Waals surface area contributed by atoms with E-state index in [1.807, 2.05) is 0 Å². The van der Waals surface area contributed by atoms with Gasteiger partial charge in [0.05, 0.1) is 36.9 Å². The van der Waals surface area contributed by atoms with Gasteiger partial charge in [0.1, 0.15) is 36.1 Å². The first-order valence-electron chi connectivity index (χ1n) is 15.6. The topological polar surface area (TPSA) is 336 Å². The van der Waals surface area contributed by atoms with E-state index in [-0.39, 0.29) is 31.3 Å². The maximum atomic E-state index is 13.3. The van der Waals surface area contributed by atoms with E-state index in [0.29, 0.717) is 25.9 Å². The van der Waals surface area contributed by atoms with Gasteiger partial charge < -0.3 is 84.2 Å². The molecule has 4 rings (SSSR count). The minimum Gasteiger partial charge on any atom is -0.394 e. The summed E-state index contributed by atoms with van der Waals surface area (Å²) in [6.45, 7) is 1.23. The number of hydrogen-bond acceptors (Lipinski definition) is 16. The number of nitrogens with zero attached hydrogens (tertiary/aromatic N) is 1. The van der Waals surface area contributed by atoms with Crippen LogP contribution in [-0.4, -0.2) is 149 Å². The summed E-state index contributed by atoms with van der Waals surface area (Å²) >= 11 is 0. The van der Waals surface area contributed by atoms with Crippen LogP contribution < -0.4 is 39.7 Å². The third-order valence-electron chi connectivity index (χ3n) is 9.21. The molecule has 2 saturated carbocycles. The van der Waals surface area contributed by atoms with E-state index in [1.165, 1.54) is 0 Å². The molecular weight excluding hydrogens is 596 g/mol. The standard InChI is InChI=1S/C27H52N8O10/c28-4-1-5-34-9-12-2-3-13(29)24(42-12)45-23-14(30)6-11(7-17(37)27(41)8-16(27)35-26(32)33)22(21(23)40)44-25-20(39)18(31)19(38)15(10-36)43-25/h11-16,18-25,34,36,38-41H,1-10,28-31H2,(H4,32,33,35)/t11-,12-,13+,14-,15+,16?,18-,19+,20+,21+,22-,23?,24+,25+,27?/m0/s1. The molecular formula is C27H52N8O10. The minimum absolute atomic E-state index is 0.0246. The summed E-state index contributed by atoms with van der Waals surface area (Å²) < 4.78 is 24.0. The van der Waals surface area contributed by atoms with Crippen LogP contribution >= 0.6 is 0 Å². The van der Waals surface area contributed by atoms with Crippen LogP contribution in [0.25, 0.3) is 0 Å². The second kappa shape index (κ2) is 15.5. The molecule has 0 amide bonds. The summed E-state index contributed by atoms with van der Waals surface area (Å²) in [6.07, 6.45) is -8.58. The zero-order valence-electron chi connectivity index (χ0n) is 25.3. The van der Waals surface area contributed by atoms with Crippen LogP contribution in [0.2, 0.25) is 0 Å². The minimum atomic E-state index is -1.79. The molecule has 2 aliphatic carbocycles. The lowest BCUT2D eigenvalue weighted by Crippen LogP contribution is -2.66. The van der Waals surface area contributed by atoms with E-state index in [4.69, 9.17) is 53.3 Å².